The fraction of sp³-hybridized carbons (Fsp3) is 0.368. The molecular formula is C19H22N2O2. The summed E-state index contributed by atoms with van der Waals surface area (Å²) in [7, 11) is 0. The summed E-state index contributed by atoms with van der Waals surface area (Å²) in [5, 5.41) is 0. The molecule has 4 nitrogen and oxygen atoms in total. The molecule has 0 saturated heterocycles. The zero-order valence-corrected chi connectivity index (χ0v) is 13.4. The molecule has 1 aliphatic carbocycles. The van der Waals surface area contributed by atoms with Crippen LogP contribution in [0.4, 0.5) is 0 Å². The summed E-state index contributed by atoms with van der Waals surface area (Å²) in [5.74, 6) is 0.712. The van der Waals surface area contributed by atoms with Gasteiger partial charge in [0.05, 0.1) is 18.0 Å². The van der Waals surface area contributed by atoms with Crippen molar-refractivity contribution in [2.24, 2.45) is 0 Å². The Balaban J connectivity index is 1.83. The van der Waals surface area contributed by atoms with Crippen molar-refractivity contribution in [2.45, 2.75) is 38.6 Å². The highest BCUT2D eigenvalue weighted by molar-refractivity contribution is 5.91. The lowest BCUT2D eigenvalue weighted by molar-refractivity contribution is -0.128. The van der Waals surface area contributed by atoms with E-state index in [9.17, 15) is 4.79 Å². The number of nitrogens with zero attached hydrogens (tertiary/aromatic N) is 2. The van der Waals surface area contributed by atoms with Crippen molar-refractivity contribution in [1.82, 2.24) is 9.88 Å². The van der Waals surface area contributed by atoms with Crippen LogP contribution >= 0.6 is 0 Å². The van der Waals surface area contributed by atoms with Gasteiger partial charge in [0.1, 0.15) is 5.76 Å². The van der Waals surface area contributed by atoms with Crippen LogP contribution in [0.1, 0.15) is 49.2 Å². The molecule has 0 bridgehead atoms. The van der Waals surface area contributed by atoms with E-state index in [-0.39, 0.29) is 11.9 Å². The van der Waals surface area contributed by atoms with Gasteiger partial charge >= 0.3 is 0 Å². The molecule has 1 amide bonds. The van der Waals surface area contributed by atoms with Crippen molar-refractivity contribution in [3.63, 3.8) is 0 Å². The van der Waals surface area contributed by atoms with Crippen molar-refractivity contribution in [3.05, 3.63) is 59.8 Å². The monoisotopic (exact) mass is 310 g/mol. The first-order valence-corrected chi connectivity index (χ1v) is 8.25. The maximum absolute atomic E-state index is 12.7. The normalized spacial score (nSPS) is 17.2. The number of carbonyl (C=O) groups excluding carboxylic acids is 1. The third-order valence-corrected chi connectivity index (χ3v) is 4.22. The van der Waals surface area contributed by atoms with Crippen LogP contribution in [0.5, 0.6) is 0 Å². The van der Waals surface area contributed by atoms with Crippen LogP contribution in [-0.4, -0.2) is 22.3 Å². The largest absolute Gasteiger partial charge is 0.465 e. The number of aryl methyl sites for hydroxylation is 1. The van der Waals surface area contributed by atoms with Crippen molar-refractivity contribution in [3.8, 4) is 0 Å². The molecule has 4 heteroatoms. The standard InChI is InChI=1S/C19H22N2O2/c1-2-13-21(18(22)11-10-16-8-5-14-23-16)17-9-3-6-15-7-4-12-20-19(15)17/h4-5,7-8,10-12,14,17H,2-3,6,9,13H2,1H3. The first kappa shape index (κ1) is 15.5. The maximum Gasteiger partial charge on any atom is 0.247 e. The van der Waals surface area contributed by atoms with Gasteiger partial charge in [-0.3, -0.25) is 9.78 Å². The average molecular weight is 310 g/mol. The summed E-state index contributed by atoms with van der Waals surface area (Å²) >= 11 is 0. The van der Waals surface area contributed by atoms with E-state index in [0.29, 0.717) is 5.76 Å². The van der Waals surface area contributed by atoms with Gasteiger partial charge in [0, 0.05) is 18.8 Å². The Morgan fingerprint density at radius 1 is 1.43 bits per heavy atom. The molecule has 23 heavy (non-hydrogen) atoms. The van der Waals surface area contributed by atoms with Gasteiger partial charge in [-0.1, -0.05) is 13.0 Å². The smallest absolute Gasteiger partial charge is 0.247 e. The summed E-state index contributed by atoms with van der Waals surface area (Å²) in [6, 6.07) is 7.83. The second-order valence-corrected chi connectivity index (χ2v) is 5.84. The lowest BCUT2D eigenvalue weighted by Crippen LogP contribution is -2.36. The predicted molar refractivity (Wildman–Crippen MR) is 89.7 cm³/mol. The molecule has 120 valence electrons. The minimum Gasteiger partial charge on any atom is -0.465 e. The van der Waals surface area contributed by atoms with E-state index in [0.717, 1.165) is 37.9 Å². The van der Waals surface area contributed by atoms with E-state index in [1.807, 2.05) is 29.3 Å². The second-order valence-electron chi connectivity index (χ2n) is 5.84. The van der Waals surface area contributed by atoms with E-state index in [1.165, 1.54) is 5.56 Å². The molecule has 2 aromatic heterocycles. The van der Waals surface area contributed by atoms with Gasteiger partial charge in [-0.15, -0.1) is 0 Å². The number of hydrogen-bond acceptors (Lipinski definition) is 3. The van der Waals surface area contributed by atoms with Crippen molar-refractivity contribution in [1.29, 1.82) is 0 Å². The third-order valence-electron chi connectivity index (χ3n) is 4.22. The molecule has 0 saturated carbocycles. The molecule has 0 aliphatic heterocycles. The minimum absolute atomic E-state index is 0.0201. The number of fused-ring (bicyclic) bond motifs is 1. The van der Waals surface area contributed by atoms with Crippen LogP contribution in [0.2, 0.25) is 0 Å². The number of amides is 1. The molecule has 1 aliphatic rings. The molecule has 1 atom stereocenters. The van der Waals surface area contributed by atoms with Crippen LogP contribution in [0, 0.1) is 0 Å². The molecule has 0 aromatic carbocycles. The third kappa shape index (κ3) is 3.52. The second kappa shape index (κ2) is 7.27. The highest BCUT2D eigenvalue weighted by atomic mass is 16.3. The number of pyridine rings is 1. The van der Waals surface area contributed by atoms with Gasteiger partial charge in [0.2, 0.25) is 5.91 Å². The quantitative estimate of drug-likeness (QED) is 0.784. The Labute approximate surface area is 136 Å². The van der Waals surface area contributed by atoms with Gasteiger partial charge in [-0.2, -0.15) is 0 Å². The molecule has 0 fully saturated rings. The molecule has 0 radical (unpaired) electrons. The van der Waals surface area contributed by atoms with Crippen molar-refractivity contribution < 1.29 is 9.21 Å². The fourth-order valence-corrected chi connectivity index (χ4v) is 3.18. The predicted octanol–water partition coefficient (Wildman–Crippen LogP) is 4.00. The molecular weight excluding hydrogens is 288 g/mol. The number of hydrogen-bond donors (Lipinski definition) is 0. The lowest BCUT2D eigenvalue weighted by Gasteiger charge is -2.34. The van der Waals surface area contributed by atoms with E-state index in [4.69, 9.17) is 4.42 Å². The molecule has 0 spiro atoms. The Morgan fingerprint density at radius 3 is 3.13 bits per heavy atom. The SMILES string of the molecule is CCCN(C(=O)C=Cc1ccco1)C1CCCc2cccnc21. The Kier molecular flexibility index (Phi) is 4.91. The first-order chi connectivity index (χ1) is 11.3. The van der Waals surface area contributed by atoms with Gasteiger partial charge in [0.25, 0.3) is 0 Å². The summed E-state index contributed by atoms with van der Waals surface area (Å²) in [6.45, 7) is 2.83. The van der Waals surface area contributed by atoms with Crippen LogP contribution < -0.4 is 0 Å². The highest BCUT2D eigenvalue weighted by Crippen LogP contribution is 2.33. The number of carbonyl (C=O) groups is 1. The zero-order chi connectivity index (χ0) is 16.1. The molecule has 0 N–H and O–H groups in total. The minimum atomic E-state index is 0.0201. The Hall–Kier alpha value is -2.36. The van der Waals surface area contributed by atoms with Crippen LogP contribution in [0.25, 0.3) is 6.08 Å². The van der Waals surface area contributed by atoms with Crippen LogP contribution in [0.15, 0.2) is 47.2 Å². The van der Waals surface area contributed by atoms with E-state index < -0.39 is 0 Å². The van der Waals surface area contributed by atoms with E-state index in [1.54, 1.807) is 18.4 Å². The lowest BCUT2D eigenvalue weighted by atomic mass is 9.90. The van der Waals surface area contributed by atoms with Crippen molar-refractivity contribution >= 4 is 12.0 Å². The first-order valence-electron chi connectivity index (χ1n) is 8.25. The molecule has 2 heterocycles. The van der Waals surface area contributed by atoms with Gasteiger partial charge in [-0.25, -0.2) is 0 Å². The summed E-state index contributed by atoms with van der Waals surface area (Å²) < 4.78 is 5.26. The summed E-state index contributed by atoms with van der Waals surface area (Å²) in [4.78, 5) is 19.2. The van der Waals surface area contributed by atoms with Crippen LogP contribution in [-0.2, 0) is 11.2 Å². The fourth-order valence-electron chi connectivity index (χ4n) is 3.18. The maximum atomic E-state index is 12.7. The molecule has 3 rings (SSSR count). The van der Waals surface area contributed by atoms with Gasteiger partial charge in [-0.05, 0) is 55.5 Å². The number of rotatable bonds is 5. The number of furan rings is 1. The Morgan fingerprint density at radius 2 is 2.35 bits per heavy atom. The van der Waals surface area contributed by atoms with E-state index in [2.05, 4.69) is 18.0 Å². The number of aromatic nitrogens is 1. The zero-order valence-electron chi connectivity index (χ0n) is 13.4. The highest BCUT2D eigenvalue weighted by Gasteiger charge is 2.28. The average Bonchev–Trinajstić information content (AvgIpc) is 3.11. The van der Waals surface area contributed by atoms with Crippen LogP contribution in [0.3, 0.4) is 0 Å². The van der Waals surface area contributed by atoms with Crippen molar-refractivity contribution in [2.75, 3.05) is 6.54 Å². The van der Waals surface area contributed by atoms with Gasteiger partial charge < -0.3 is 9.32 Å². The topological polar surface area (TPSA) is 46.3 Å². The Bertz CT molecular complexity index is 676. The molecule has 2 aromatic rings. The van der Waals surface area contributed by atoms with E-state index >= 15 is 0 Å². The van der Waals surface area contributed by atoms with Gasteiger partial charge in [0.15, 0.2) is 0 Å². The molecule has 1 unspecified atom stereocenters. The summed E-state index contributed by atoms with van der Waals surface area (Å²) in [6.07, 6.45) is 10.8. The summed E-state index contributed by atoms with van der Waals surface area (Å²) in [5.41, 5.74) is 2.33.